The van der Waals surface area contributed by atoms with Crippen molar-refractivity contribution in [2.45, 2.75) is 13.5 Å². The molecule has 3 aromatic carbocycles. The summed E-state index contributed by atoms with van der Waals surface area (Å²) in [5, 5.41) is 0.976. The van der Waals surface area contributed by atoms with Gasteiger partial charge in [-0.3, -0.25) is 9.59 Å². The summed E-state index contributed by atoms with van der Waals surface area (Å²) in [7, 11) is 1.63. The summed E-state index contributed by atoms with van der Waals surface area (Å²) >= 11 is 0. The van der Waals surface area contributed by atoms with Crippen LogP contribution in [0.1, 0.15) is 33.2 Å². The molecule has 0 radical (unpaired) electrons. The normalized spacial score (nSPS) is 13.7. The fourth-order valence-corrected chi connectivity index (χ4v) is 4.06. The molecule has 6 heteroatoms. The number of ketones is 2. The molecule has 0 atom stereocenters. The van der Waals surface area contributed by atoms with Gasteiger partial charge < -0.3 is 18.8 Å². The van der Waals surface area contributed by atoms with Crippen molar-refractivity contribution >= 4 is 28.5 Å². The Morgan fingerprint density at radius 1 is 1.03 bits per heavy atom. The molecule has 0 aliphatic carbocycles. The summed E-state index contributed by atoms with van der Waals surface area (Å²) in [6, 6.07) is 19.8. The van der Waals surface area contributed by atoms with Gasteiger partial charge in [0.1, 0.15) is 17.2 Å². The van der Waals surface area contributed by atoms with E-state index in [1.165, 1.54) is 0 Å². The van der Waals surface area contributed by atoms with E-state index < -0.39 is 0 Å². The smallest absolute Gasteiger partial charge is 0.231 e. The lowest BCUT2D eigenvalue weighted by Gasteiger charge is -2.06. The molecule has 4 aromatic rings. The van der Waals surface area contributed by atoms with Gasteiger partial charge in [0.15, 0.2) is 18.1 Å². The van der Waals surface area contributed by atoms with Crippen LogP contribution in [0.5, 0.6) is 17.2 Å². The zero-order valence-corrected chi connectivity index (χ0v) is 18.9. The van der Waals surface area contributed by atoms with Gasteiger partial charge in [0.2, 0.25) is 5.78 Å². The molecule has 0 N–H and O–H groups in total. The first-order valence-electron chi connectivity index (χ1n) is 11.0. The Morgan fingerprint density at radius 3 is 2.59 bits per heavy atom. The third-order valence-electron chi connectivity index (χ3n) is 5.85. The molecule has 0 amide bonds. The fourth-order valence-electron chi connectivity index (χ4n) is 4.06. The van der Waals surface area contributed by atoms with Crippen molar-refractivity contribution in [2.24, 2.45) is 0 Å². The maximum absolute atomic E-state index is 13.0. The number of Topliss-reactive ketones (excluding diaryl/α,β-unsaturated/α-hetero) is 2. The number of allylic oxidation sites excluding steroid dienone is 1. The van der Waals surface area contributed by atoms with Crippen LogP contribution in [0.25, 0.3) is 17.0 Å². The summed E-state index contributed by atoms with van der Waals surface area (Å²) in [6.45, 7) is 2.76. The molecule has 1 aliphatic rings. The molecule has 34 heavy (non-hydrogen) atoms. The number of nitrogens with zero attached hydrogens (tertiary/aromatic N) is 1. The number of carbonyl (C=O) groups excluding carboxylic acids is 2. The molecule has 0 fully saturated rings. The van der Waals surface area contributed by atoms with E-state index in [1.54, 1.807) is 43.5 Å². The molecular weight excluding hydrogens is 430 g/mol. The Balaban J connectivity index is 1.39. The van der Waals surface area contributed by atoms with Crippen LogP contribution in [-0.2, 0) is 6.54 Å². The van der Waals surface area contributed by atoms with Crippen molar-refractivity contribution in [2.75, 3.05) is 13.7 Å². The predicted octanol–water partition coefficient (Wildman–Crippen LogP) is 5.55. The van der Waals surface area contributed by atoms with Crippen molar-refractivity contribution in [3.05, 3.63) is 95.4 Å². The Hall–Kier alpha value is -4.32. The van der Waals surface area contributed by atoms with Crippen LogP contribution in [-0.4, -0.2) is 29.9 Å². The zero-order chi connectivity index (χ0) is 23.7. The SMILES string of the molecule is CCn1cc(/C=C2\Oc3cc(OCC(=O)c4ccccc4)ccc3C2=O)c2cc(OC)ccc21. The van der Waals surface area contributed by atoms with Gasteiger partial charge in [-0.15, -0.1) is 0 Å². The highest BCUT2D eigenvalue weighted by molar-refractivity contribution is 6.15. The molecule has 0 spiro atoms. The Bertz CT molecular complexity index is 1430. The van der Waals surface area contributed by atoms with Gasteiger partial charge in [-0.1, -0.05) is 30.3 Å². The Kier molecular flexibility index (Phi) is 5.64. The minimum Gasteiger partial charge on any atom is -0.497 e. The summed E-state index contributed by atoms with van der Waals surface area (Å²) in [6.07, 6.45) is 3.76. The number of aryl methyl sites for hydroxylation is 1. The summed E-state index contributed by atoms with van der Waals surface area (Å²) in [5.74, 6) is 1.55. The summed E-state index contributed by atoms with van der Waals surface area (Å²) in [4.78, 5) is 25.3. The quantitative estimate of drug-likeness (QED) is 0.271. The van der Waals surface area contributed by atoms with E-state index in [0.29, 0.717) is 22.6 Å². The Labute approximate surface area is 197 Å². The molecule has 1 aliphatic heterocycles. The Morgan fingerprint density at radius 2 is 1.82 bits per heavy atom. The average Bonchev–Trinajstić information content (AvgIpc) is 3.39. The van der Waals surface area contributed by atoms with E-state index in [4.69, 9.17) is 14.2 Å². The number of carbonyl (C=O) groups is 2. The van der Waals surface area contributed by atoms with E-state index >= 15 is 0 Å². The molecule has 0 unspecified atom stereocenters. The van der Waals surface area contributed by atoms with Crippen LogP contribution in [0.4, 0.5) is 0 Å². The van der Waals surface area contributed by atoms with Gasteiger partial charge in [-0.25, -0.2) is 0 Å². The fraction of sp³-hybridized carbons (Fsp3) is 0.143. The van der Waals surface area contributed by atoms with Crippen molar-refractivity contribution in [3.8, 4) is 17.2 Å². The van der Waals surface area contributed by atoms with Gasteiger partial charge in [0.05, 0.1) is 12.7 Å². The molecule has 170 valence electrons. The third kappa shape index (κ3) is 3.94. The number of rotatable bonds is 7. The lowest BCUT2D eigenvalue weighted by Crippen LogP contribution is -2.11. The molecule has 1 aromatic heterocycles. The largest absolute Gasteiger partial charge is 0.497 e. The average molecular weight is 453 g/mol. The van der Waals surface area contributed by atoms with E-state index in [1.807, 2.05) is 42.6 Å². The molecule has 5 rings (SSSR count). The first-order chi connectivity index (χ1) is 16.6. The maximum atomic E-state index is 13.0. The highest BCUT2D eigenvalue weighted by Gasteiger charge is 2.28. The van der Waals surface area contributed by atoms with E-state index in [0.717, 1.165) is 28.8 Å². The van der Waals surface area contributed by atoms with Gasteiger partial charge in [0, 0.05) is 40.8 Å². The predicted molar refractivity (Wildman–Crippen MR) is 130 cm³/mol. The lowest BCUT2D eigenvalue weighted by molar-refractivity contribution is 0.0921. The molecule has 6 nitrogen and oxygen atoms in total. The maximum Gasteiger partial charge on any atom is 0.231 e. The second-order valence-corrected chi connectivity index (χ2v) is 7.93. The number of hydrogen-bond acceptors (Lipinski definition) is 5. The standard InChI is InChI=1S/C28H23NO5/c1-3-29-16-19(23-14-20(32-2)10-12-24(23)29)13-27-28(31)22-11-9-21(15-26(22)34-27)33-17-25(30)18-7-5-4-6-8-18/h4-16H,3,17H2,1-2H3/b27-13-. The van der Waals surface area contributed by atoms with E-state index in [9.17, 15) is 9.59 Å². The third-order valence-corrected chi connectivity index (χ3v) is 5.85. The zero-order valence-electron chi connectivity index (χ0n) is 18.9. The number of hydrogen-bond donors (Lipinski definition) is 0. The van der Waals surface area contributed by atoms with Gasteiger partial charge in [-0.2, -0.15) is 0 Å². The highest BCUT2D eigenvalue weighted by atomic mass is 16.5. The van der Waals surface area contributed by atoms with Crippen LogP contribution in [0.3, 0.4) is 0 Å². The first-order valence-corrected chi connectivity index (χ1v) is 11.0. The molecule has 0 saturated carbocycles. The summed E-state index contributed by atoms with van der Waals surface area (Å²) in [5.41, 5.74) is 2.97. The first kappa shape index (κ1) is 21.5. The lowest BCUT2D eigenvalue weighted by atomic mass is 10.1. The van der Waals surface area contributed by atoms with Crippen molar-refractivity contribution in [1.29, 1.82) is 0 Å². The number of ether oxygens (including phenoxy) is 3. The molecular formula is C28H23NO5. The number of benzene rings is 3. The molecule has 0 bridgehead atoms. The monoisotopic (exact) mass is 453 g/mol. The number of methoxy groups -OCH3 is 1. The van der Waals surface area contributed by atoms with Crippen LogP contribution < -0.4 is 14.2 Å². The number of aromatic nitrogens is 1. The van der Waals surface area contributed by atoms with Crippen LogP contribution in [0, 0.1) is 0 Å². The van der Waals surface area contributed by atoms with Gasteiger partial charge >= 0.3 is 0 Å². The topological polar surface area (TPSA) is 66.8 Å². The van der Waals surface area contributed by atoms with Crippen LogP contribution >= 0.6 is 0 Å². The minimum absolute atomic E-state index is 0.0994. The van der Waals surface area contributed by atoms with E-state index in [-0.39, 0.29) is 23.9 Å². The van der Waals surface area contributed by atoms with Crippen molar-refractivity contribution in [3.63, 3.8) is 0 Å². The second-order valence-electron chi connectivity index (χ2n) is 7.93. The highest BCUT2D eigenvalue weighted by Crippen LogP contribution is 2.36. The van der Waals surface area contributed by atoms with Crippen LogP contribution in [0.15, 0.2) is 78.7 Å². The minimum atomic E-state index is -0.192. The number of fused-ring (bicyclic) bond motifs is 2. The summed E-state index contributed by atoms with van der Waals surface area (Å²) < 4.78 is 19.1. The van der Waals surface area contributed by atoms with Crippen LogP contribution in [0.2, 0.25) is 0 Å². The van der Waals surface area contributed by atoms with Crippen molar-refractivity contribution < 1.29 is 23.8 Å². The molecule has 0 saturated heterocycles. The van der Waals surface area contributed by atoms with Gasteiger partial charge in [-0.05, 0) is 43.3 Å². The van der Waals surface area contributed by atoms with Gasteiger partial charge in [0.25, 0.3) is 0 Å². The second kappa shape index (κ2) is 8.90. The van der Waals surface area contributed by atoms with E-state index in [2.05, 4.69) is 11.5 Å². The van der Waals surface area contributed by atoms with Crippen molar-refractivity contribution in [1.82, 2.24) is 4.57 Å². The molecule has 2 heterocycles.